The van der Waals surface area contributed by atoms with Crippen LogP contribution in [0.25, 0.3) is 11.0 Å². The molecule has 4 nitrogen and oxygen atoms in total. The van der Waals surface area contributed by atoms with Crippen molar-refractivity contribution in [2.24, 2.45) is 0 Å². The highest BCUT2D eigenvalue weighted by atomic mass is 32.1. The van der Waals surface area contributed by atoms with Crippen LogP contribution in [0.5, 0.6) is 0 Å². The summed E-state index contributed by atoms with van der Waals surface area (Å²) in [4.78, 5) is 17.5. The van der Waals surface area contributed by atoms with Gasteiger partial charge >= 0.3 is 0 Å². The molecule has 5 heteroatoms. The molecule has 0 aliphatic carbocycles. The van der Waals surface area contributed by atoms with E-state index < -0.39 is 0 Å². The van der Waals surface area contributed by atoms with E-state index in [1.54, 1.807) is 15.9 Å². The Kier molecular flexibility index (Phi) is 4.43. The van der Waals surface area contributed by atoms with Gasteiger partial charge < -0.3 is 9.88 Å². The van der Waals surface area contributed by atoms with Crippen LogP contribution in [-0.4, -0.2) is 22.6 Å². The maximum absolute atomic E-state index is 12.0. The highest BCUT2D eigenvalue weighted by Crippen LogP contribution is 2.09. The molecule has 0 spiro atoms. The first-order chi connectivity index (χ1) is 10.3. The van der Waals surface area contributed by atoms with Gasteiger partial charge in [0, 0.05) is 24.5 Å². The van der Waals surface area contributed by atoms with Crippen molar-refractivity contribution < 1.29 is 0 Å². The molecule has 3 aromatic rings. The predicted molar refractivity (Wildman–Crippen MR) is 86.9 cm³/mol. The molecule has 0 unspecified atom stereocenters. The predicted octanol–water partition coefficient (Wildman–Crippen LogP) is 2.29. The van der Waals surface area contributed by atoms with Crippen molar-refractivity contribution in [3.05, 3.63) is 63.2 Å². The third-order valence-corrected chi connectivity index (χ3v) is 4.33. The summed E-state index contributed by atoms with van der Waals surface area (Å²) < 4.78 is 1.78. The molecule has 0 radical (unpaired) electrons. The Morgan fingerprint density at radius 3 is 2.90 bits per heavy atom. The fourth-order valence-corrected chi connectivity index (χ4v) is 3.04. The second-order valence-electron chi connectivity index (χ2n) is 4.82. The minimum absolute atomic E-state index is 0.0474. The van der Waals surface area contributed by atoms with Gasteiger partial charge in [0.15, 0.2) is 0 Å². The zero-order valence-electron chi connectivity index (χ0n) is 11.7. The molecule has 0 fully saturated rings. The highest BCUT2D eigenvalue weighted by Gasteiger charge is 2.03. The van der Waals surface area contributed by atoms with Gasteiger partial charge in [0.05, 0.1) is 17.2 Å². The molecule has 0 aliphatic rings. The first-order valence-electron chi connectivity index (χ1n) is 7.02. The fourth-order valence-electron chi connectivity index (χ4n) is 2.33. The maximum Gasteiger partial charge on any atom is 0.269 e. The van der Waals surface area contributed by atoms with E-state index in [1.807, 2.05) is 24.3 Å². The molecular weight excluding hydrogens is 282 g/mol. The third-order valence-electron chi connectivity index (χ3n) is 3.39. The standard InChI is InChI=1S/C16H17N3OS/c20-16-12-18-14-5-1-2-6-15(14)19(16)10-9-17-8-7-13-4-3-11-21-13/h1-6,11-12,17H,7-10H2. The number of thiophene rings is 1. The lowest BCUT2D eigenvalue weighted by atomic mass is 10.3. The van der Waals surface area contributed by atoms with Crippen molar-refractivity contribution in [2.45, 2.75) is 13.0 Å². The lowest BCUT2D eigenvalue weighted by molar-refractivity contribution is 0.598. The van der Waals surface area contributed by atoms with Gasteiger partial charge in [0.1, 0.15) is 0 Å². The average Bonchev–Trinajstić information content (AvgIpc) is 3.02. The molecule has 0 bridgehead atoms. The molecule has 21 heavy (non-hydrogen) atoms. The Morgan fingerprint density at radius 2 is 2.05 bits per heavy atom. The van der Waals surface area contributed by atoms with Crippen LogP contribution in [0.15, 0.2) is 52.8 Å². The van der Waals surface area contributed by atoms with Crippen molar-refractivity contribution in [3.8, 4) is 0 Å². The lowest BCUT2D eigenvalue weighted by Gasteiger charge is -2.10. The van der Waals surface area contributed by atoms with Gasteiger partial charge in [0.2, 0.25) is 0 Å². The molecule has 0 saturated heterocycles. The Labute approximate surface area is 127 Å². The molecule has 2 heterocycles. The van der Waals surface area contributed by atoms with Crippen LogP contribution < -0.4 is 10.9 Å². The van der Waals surface area contributed by atoms with E-state index in [-0.39, 0.29) is 5.56 Å². The number of benzene rings is 1. The Bertz CT molecular complexity index is 765. The zero-order valence-corrected chi connectivity index (χ0v) is 12.5. The van der Waals surface area contributed by atoms with Gasteiger partial charge in [0.25, 0.3) is 5.56 Å². The van der Waals surface area contributed by atoms with E-state index in [0.717, 1.165) is 30.5 Å². The molecule has 1 N–H and O–H groups in total. The largest absolute Gasteiger partial charge is 0.315 e. The number of rotatable bonds is 6. The van der Waals surface area contributed by atoms with E-state index in [1.165, 1.54) is 11.1 Å². The molecular formula is C16H17N3OS. The van der Waals surface area contributed by atoms with Crippen LogP contribution in [0.4, 0.5) is 0 Å². The Hall–Kier alpha value is -1.98. The highest BCUT2D eigenvalue weighted by molar-refractivity contribution is 7.09. The molecule has 3 rings (SSSR count). The zero-order chi connectivity index (χ0) is 14.5. The van der Waals surface area contributed by atoms with Crippen molar-refractivity contribution in [1.29, 1.82) is 0 Å². The van der Waals surface area contributed by atoms with Crippen LogP contribution in [0, 0.1) is 0 Å². The van der Waals surface area contributed by atoms with Crippen LogP contribution in [0.1, 0.15) is 4.88 Å². The molecule has 0 saturated carbocycles. The quantitative estimate of drug-likeness (QED) is 0.710. The minimum Gasteiger partial charge on any atom is -0.315 e. The van der Waals surface area contributed by atoms with Crippen molar-refractivity contribution >= 4 is 22.4 Å². The summed E-state index contributed by atoms with van der Waals surface area (Å²) in [5.41, 5.74) is 1.70. The summed E-state index contributed by atoms with van der Waals surface area (Å²) in [6.07, 6.45) is 2.43. The average molecular weight is 299 g/mol. The molecule has 0 aliphatic heterocycles. The van der Waals surface area contributed by atoms with E-state index in [0.29, 0.717) is 6.54 Å². The number of fused-ring (bicyclic) bond motifs is 1. The lowest BCUT2D eigenvalue weighted by Crippen LogP contribution is -2.28. The second-order valence-corrected chi connectivity index (χ2v) is 5.85. The van der Waals surface area contributed by atoms with E-state index in [2.05, 4.69) is 27.8 Å². The molecule has 2 aromatic heterocycles. The number of nitrogens with one attached hydrogen (secondary N) is 1. The normalized spacial score (nSPS) is 11.0. The number of hydrogen-bond donors (Lipinski definition) is 1. The maximum atomic E-state index is 12.0. The summed E-state index contributed by atoms with van der Waals surface area (Å²) in [5, 5.41) is 5.49. The van der Waals surface area contributed by atoms with Gasteiger partial charge in [-0.25, -0.2) is 4.98 Å². The monoisotopic (exact) mass is 299 g/mol. The first-order valence-corrected chi connectivity index (χ1v) is 7.90. The summed E-state index contributed by atoms with van der Waals surface area (Å²) in [6, 6.07) is 12.0. The molecule has 108 valence electrons. The van der Waals surface area contributed by atoms with Gasteiger partial charge in [-0.2, -0.15) is 0 Å². The Morgan fingerprint density at radius 1 is 1.14 bits per heavy atom. The third kappa shape index (κ3) is 3.37. The van der Waals surface area contributed by atoms with E-state index >= 15 is 0 Å². The van der Waals surface area contributed by atoms with Gasteiger partial charge in [-0.3, -0.25) is 4.79 Å². The van der Waals surface area contributed by atoms with Crippen molar-refractivity contribution in [3.63, 3.8) is 0 Å². The number of para-hydroxylation sites is 2. The summed E-state index contributed by atoms with van der Waals surface area (Å²) in [5.74, 6) is 0. The molecule has 1 aromatic carbocycles. The van der Waals surface area contributed by atoms with E-state index in [4.69, 9.17) is 0 Å². The fraction of sp³-hybridized carbons (Fsp3) is 0.250. The van der Waals surface area contributed by atoms with Crippen LogP contribution >= 0.6 is 11.3 Å². The van der Waals surface area contributed by atoms with Gasteiger partial charge in [-0.1, -0.05) is 18.2 Å². The number of hydrogen-bond acceptors (Lipinski definition) is 4. The topological polar surface area (TPSA) is 46.9 Å². The van der Waals surface area contributed by atoms with Gasteiger partial charge in [-0.15, -0.1) is 11.3 Å². The Balaban J connectivity index is 1.60. The summed E-state index contributed by atoms with van der Waals surface area (Å²) in [6.45, 7) is 2.36. The van der Waals surface area contributed by atoms with Gasteiger partial charge in [-0.05, 0) is 30.0 Å². The smallest absolute Gasteiger partial charge is 0.269 e. The van der Waals surface area contributed by atoms with Crippen LogP contribution in [0.3, 0.4) is 0 Å². The molecule has 0 atom stereocenters. The van der Waals surface area contributed by atoms with E-state index in [9.17, 15) is 4.79 Å². The van der Waals surface area contributed by atoms with Crippen molar-refractivity contribution in [2.75, 3.05) is 13.1 Å². The van der Waals surface area contributed by atoms with Crippen LogP contribution in [0.2, 0.25) is 0 Å². The first kappa shape index (κ1) is 14.0. The van der Waals surface area contributed by atoms with Crippen LogP contribution in [-0.2, 0) is 13.0 Å². The SMILES string of the molecule is O=c1cnc2ccccc2n1CCNCCc1cccs1. The minimum atomic E-state index is -0.0474. The number of nitrogens with zero attached hydrogens (tertiary/aromatic N) is 2. The molecule has 0 amide bonds. The summed E-state index contributed by atoms with van der Waals surface area (Å²) >= 11 is 1.78. The second kappa shape index (κ2) is 6.65. The van der Waals surface area contributed by atoms with Crippen molar-refractivity contribution in [1.82, 2.24) is 14.9 Å². The summed E-state index contributed by atoms with van der Waals surface area (Å²) in [7, 11) is 0. The number of aromatic nitrogens is 2.